The lowest BCUT2D eigenvalue weighted by atomic mass is 10.1. The van der Waals surface area contributed by atoms with Crippen molar-refractivity contribution in [1.29, 1.82) is 0 Å². The van der Waals surface area contributed by atoms with Gasteiger partial charge in [-0.2, -0.15) is 5.10 Å². The number of aromatic nitrogens is 2. The highest BCUT2D eigenvalue weighted by Crippen LogP contribution is 2.14. The van der Waals surface area contributed by atoms with E-state index in [1.807, 2.05) is 12.3 Å². The number of hydrazine groups is 1. The third kappa shape index (κ3) is 5.15. The minimum atomic E-state index is -0.609. The summed E-state index contributed by atoms with van der Waals surface area (Å²) in [6.07, 6.45) is 3.54. The minimum Gasteiger partial charge on any atom is -0.481 e. The zero-order valence-corrected chi connectivity index (χ0v) is 14.3. The van der Waals surface area contributed by atoms with Crippen molar-refractivity contribution in [2.45, 2.75) is 6.54 Å². The molecule has 0 bridgehead atoms. The molecule has 7 nitrogen and oxygen atoms in total. The van der Waals surface area contributed by atoms with Crippen molar-refractivity contribution in [2.75, 3.05) is 6.61 Å². The maximum atomic E-state index is 13.4. The maximum Gasteiger partial charge on any atom is 0.276 e. The summed E-state index contributed by atoms with van der Waals surface area (Å²) in [6.45, 7) is 0.170. The smallest absolute Gasteiger partial charge is 0.276 e. The molecule has 1 aromatic heterocycles. The molecule has 2 amide bonds. The van der Waals surface area contributed by atoms with Crippen LogP contribution in [-0.4, -0.2) is 28.2 Å². The third-order valence-corrected chi connectivity index (χ3v) is 3.63. The predicted molar refractivity (Wildman–Crippen MR) is 95.3 cm³/mol. The Morgan fingerprint density at radius 3 is 2.52 bits per heavy atom. The van der Waals surface area contributed by atoms with E-state index < -0.39 is 24.2 Å². The van der Waals surface area contributed by atoms with Crippen LogP contribution in [0.4, 0.5) is 4.39 Å². The first-order valence-corrected chi connectivity index (χ1v) is 8.15. The molecular formula is C19H17FN4O3. The number of nitrogens with one attached hydrogen (secondary N) is 2. The molecular weight excluding hydrogens is 351 g/mol. The summed E-state index contributed by atoms with van der Waals surface area (Å²) >= 11 is 0. The molecule has 0 radical (unpaired) electrons. The number of rotatable bonds is 6. The Labute approximate surface area is 154 Å². The zero-order chi connectivity index (χ0) is 19.1. The molecule has 0 atom stereocenters. The lowest BCUT2D eigenvalue weighted by molar-refractivity contribution is -0.123. The molecule has 0 saturated heterocycles. The van der Waals surface area contributed by atoms with Crippen LogP contribution in [0, 0.1) is 5.82 Å². The van der Waals surface area contributed by atoms with Crippen LogP contribution in [0.15, 0.2) is 67.0 Å². The molecule has 8 heteroatoms. The van der Waals surface area contributed by atoms with Crippen molar-refractivity contribution in [1.82, 2.24) is 20.6 Å². The molecule has 0 spiro atoms. The molecule has 0 aliphatic heterocycles. The third-order valence-electron chi connectivity index (χ3n) is 3.63. The van der Waals surface area contributed by atoms with Crippen molar-refractivity contribution in [2.24, 2.45) is 0 Å². The van der Waals surface area contributed by atoms with E-state index in [4.69, 9.17) is 4.74 Å². The molecule has 0 aliphatic carbocycles. The van der Waals surface area contributed by atoms with Crippen LogP contribution in [0.2, 0.25) is 0 Å². The number of para-hydroxylation sites is 1. The number of benzene rings is 2. The molecule has 2 aromatic carbocycles. The summed E-state index contributed by atoms with van der Waals surface area (Å²) < 4.78 is 20.2. The van der Waals surface area contributed by atoms with Crippen LogP contribution in [0.5, 0.6) is 5.75 Å². The van der Waals surface area contributed by atoms with Gasteiger partial charge in [0, 0.05) is 18.0 Å². The number of halogens is 1. The van der Waals surface area contributed by atoms with Gasteiger partial charge in [0.2, 0.25) is 0 Å². The Bertz CT molecular complexity index is 911. The van der Waals surface area contributed by atoms with E-state index in [0.717, 1.165) is 5.56 Å². The Hall–Kier alpha value is -3.68. The van der Waals surface area contributed by atoms with Crippen molar-refractivity contribution in [3.63, 3.8) is 0 Å². The molecule has 138 valence electrons. The molecule has 0 saturated carbocycles. The second kappa shape index (κ2) is 8.61. The fourth-order valence-electron chi connectivity index (χ4n) is 2.28. The molecule has 3 rings (SSSR count). The van der Waals surface area contributed by atoms with Crippen molar-refractivity contribution < 1.29 is 18.7 Å². The van der Waals surface area contributed by atoms with E-state index >= 15 is 0 Å². The maximum absolute atomic E-state index is 13.4. The standard InChI is InChI=1S/C19H17FN4O3/c20-16-4-1-2-5-17(16)27-13-18(25)22-23-19(26)15-8-6-14(7-9-15)12-24-11-3-10-21-24/h1-11H,12-13H2,(H,22,25)(H,23,26). The number of ether oxygens (including phenoxy) is 1. The highest BCUT2D eigenvalue weighted by atomic mass is 19.1. The van der Waals surface area contributed by atoms with E-state index in [1.165, 1.54) is 18.2 Å². The lowest BCUT2D eigenvalue weighted by Gasteiger charge is -2.09. The molecule has 3 aromatic rings. The number of carbonyl (C=O) groups excluding carboxylic acids is 2. The first-order chi connectivity index (χ1) is 13.1. The summed E-state index contributed by atoms with van der Waals surface area (Å²) in [4.78, 5) is 23.8. The molecule has 2 N–H and O–H groups in total. The van der Waals surface area contributed by atoms with Gasteiger partial charge in [-0.3, -0.25) is 25.1 Å². The number of hydrogen-bond acceptors (Lipinski definition) is 4. The molecule has 0 fully saturated rings. The van der Waals surface area contributed by atoms with Gasteiger partial charge in [-0.1, -0.05) is 24.3 Å². The SMILES string of the molecule is O=C(COc1ccccc1F)NNC(=O)c1ccc(Cn2cccn2)cc1. The summed E-state index contributed by atoms with van der Waals surface area (Å²) in [6, 6.07) is 14.5. The highest BCUT2D eigenvalue weighted by Gasteiger charge is 2.09. The van der Waals surface area contributed by atoms with Gasteiger partial charge in [0.25, 0.3) is 11.8 Å². The van der Waals surface area contributed by atoms with E-state index in [9.17, 15) is 14.0 Å². The van der Waals surface area contributed by atoms with E-state index in [2.05, 4.69) is 16.0 Å². The number of carbonyl (C=O) groups is 2. The largest absolute Gasteiger partial charge is 0.481 e. The zero-order valence-electron chi connectivity index (χ0n) is 14.3. The average molecular weight is 368 g/mol. The highest BCUT2D eigenvalue weighted by molar-refractivity contribution is 5.95. The topological polar surface area (TPSA) is 85.3 Å². The second-order valence-electron chi connectivity index (χ2n) is 5.62. The predicted octanol–water partition coefficient (Wildman–Crippen LogP) is 1.91. The van der Waals surface area contributed by atoms with Crippen LogP contribution < -0.4 is 15.6 Å². The summed E-state index contributed by atoms with van der Waals surface area (Å²) in [7, 11) is 0. The normalized spacial score (nSPS) is 10.3. The van der Waals surface area contributed by atoms with Gasteiger partial charge in [0.1, 0.15) is 0 Å². The number of amides is 2. The van der Waals surface area contributed by atoms with E-state index in [-0.39, 0.29) is 5.75 Å². The first-order valence-electron chi connectivity index (χ1n) is 8.15. The van der Waals surface area contributed by atoms with Gasteiger partial charge in [0.15, 0.2) is 18.2 Å². The van der Waals surface area contributed by atoms with Crippen LogP contribution in [0.3, 0.4) is 0 Å². The second-order valence-corrected chi connectivity index (χ2v) is 5.62. The Balaban J connectivity index is 1.45. The van der Waals surface area contributed by atoms with Gasteiger partial charge in [0.05, 0.1) is 6.54 Å². The van der Waals surface area contributed by atoms with Gasteiger partial charge in [-0.25, -0.2) is 4.39 Å². The fourth-order valence-corrected chi connectivity index (χ4v) is 2.28. The summed E-state index contributed by atoms with van der Waals surface area (Å²) in [5.74, 6) is -1.68. The molecule has 0 aliphatic rings. The quantitative estimate of drug-likeness (QED) is 0.651. The molecule has 1 heterocycles. The summed E-state index contributed by atoms with van der Waals surface area (Å²) in [5, 5.41) is 4.12. The molecule has 27 heavy (non-hydrogen) atoms. The van der Waals surface area contributed by atoms with Crippen LogP contribution in [0.25, 0.3) is 0 Å². The first kappa shape index (κ1) is 18.1. The van der Waals surface area contributed by atoms with Gasteiger partial charge in [-0.15, -0.1) is 0 Å². The van der Waals surface area contributed by atoms with Crippen molar-refractivity contribution in [3.05, 3.63) is 83.9 Å². The van der Waals surface area contributed by atoms with E-state index in [0.29, 0.717) is 12.1 Å². The van der Waals surface area contributed by atoms with Gasteiger partial charge in [-0.05, 0) is 35.9 Å². The monoisotopic (exact) mass is 368 g/mol. The Morgan fingerprint density at radius 1 is 1.04 bits per heavy atom. The summed E-state index contributed by atoms with van der Waals surface area (Å²) in [5.41, 5.74) is 5.87. The van der Waals surface area contributed by atoms with Crippen LogP contribution in [-0.2, 0) is 11.3 Å². The van der Waals surface area contributed by atoms with Gasteiger partial charge < -0.3 is 4.74 Å². The average Bonchev–Trinajstić information content (AvgIpc) is 3.19. The van der Waals surface area contributed by atoms with Crippen molar-refractivity contribution >= 4 is 11.8 Å². The van der Waals surface area contributed by atoms with Crippen LogP contribution >= 0.6 is 0 Å². The fraction of sp³-hybridized carbons (Fsp3) is 0.105. The Morgan fingerprint density at radius 2 is 1.81 bits per heavy atom. The number of nitrogens with zero attached hydrogens (tertiary/aromatic N) is 2. The minimum absolute atomic E-state index is 0.0354. The molecule has 0 unspecified atom stereocenters. The van der Waals surface area contributed by atoms with E-state index in [1.54, 1.807) is 41.2 Å². The van der Waals surface area contributed by atoms with Crippen molar-refractivity contribution in [3.8, 4) is 5.75 Å². The number of hydrogen-bond donors (Lipinski definition) is 2. The van der Waals surface area contributed by atoms with Crippen LogP contribution in [0.1, 0.15) is 15.9 Å². The van der Waals surface area contributed by atoms with Gasteiger partial charge >= 0.3 is 0 Å². The Kier molecular flexibility index (Phi) is 5.78. The lowest BCUT2D eigenvalue weighted by Crippen LogP contribution is -2.43.